The van der Waals surface area contributed by atoms with Gasteiger partial charge in [-0.05, 0) is 54.4 Å². The number of hydrogen-bond acceptors (Lipinski definition) is 5. The van der Waals surface area contributed by atoms with Crippen molar-refractivity contribution in [2.75, 3.05) is 18.0 Å². The lowest BCUT2D eigenvalue weighted by atomic mass is 10.1. The van der Waals surface area contributed by atoms with E-state index in [0.717, 1.165) is 0 Å². The van der Waals surface area contributed by atoms with Crippen molar-refractivity contribution >= 4 is 61.9 Å². The van der Waals surface area contributed by atoms with Gasteiger partial charge in [-0.1, -0.05) is 11.6 Å². The Hall–Kier alpha value is -1.45. The van der Waals surface area contributed by atoms with Crippen LogP contribution in [-0.4, -0.2) is 57.9 Å². The Morgan fingerprint density at radius 3 is 2.63 bits per heavy atom. The molecule has 0 spiro atoms. The highest BCUT2D eigenvalue weighted by Crippen LogP contribution is 2.39. The molecule has 3 atom stereocenters. The van der Waals surface area contributed by atoms with E-state index in [9.17, 15) is 13.6 Å². The minimum Gasteiger partial charge on any atom is -0.444 e. The largest absolute Gasteiger partial charge is 0.444 e. The van der Waals surface area contributed by atoms with Gasteiger partial charge in [0.2, 0.25) is 5.28 Å². The minimum atomic E-state index is -1.20. The van der Waals surface area contributed by atoms with E-state index in [1.54, 1.807) is 31.7 Å². The molecule has 1 aromatic carbocycles. The number of benzene rings is 1. The monoisotopic (exact) mass is 522 g/mol. The minimum absolute atomic E-state index is 0.0139. The van der Waals surface area contributed by atoms with Crippen LogP contribution in [0.2, 0.25) is 10.3 Å². The highest BCUT2D eigenvalue weighted by atomic mass is 79.9. The second-order valence-electron chi connectivity index (χ2n) is 8.46. The topological polar surface area (TPSA) is 58.6 Å². The second kappa shape index (κ2) is 7.60. The van der Waals surface area contributed by atoms with Crippen LogP contribution in [0.1, 0.15) is 27.2 Å². The number of anilines is 1. The van der Waals surface area contributed by atoms with Gasteiger partial charge in [-0.25, -0.2) is 18.6 Å². The molecular formula is C19H19BrCl2F2N4O2. The number of halogens is 5. The molecule has 2 fully saturated rings. The van der Waals surface area contributed by atoms with Gasteiger partial charge >= 0.3 is 6.09 Å². The molecule has 2 aliphatic heterocycles. The summed E-state index contributed by atoms with van der Waals surface area (Å²) in [5.41, 5.74) is -0.669. The average Bonchev–Trinajstić information content (AvgIpc) is 2.84. The fraction of sp³-hybridized carbons (Fsp3) is 0.526. The highest BCUT2D eigenvalue weighted by molar-refractivity contribution is 9.10. The zero-order valence-electron chi connectivity index (χ0n) is 16.4. The van der Waals surface area contributed by atoms with E-state index in [0.29, 0.717) is 17.7 Å². The van der Waals surface area contributed by atoms with Gasteiger partial charge in [0.15, 0.2) is 5.82 Å². The smallest absolute Gasteiger partial charge is 0.411 e. The van der Waals surface area contributed by atoms with Gasteiger partial charge < -0.3 is 9.64 Å². The molecule has 3 unspecified atom stereocenters. The molecule has 1 aromatic heterocycles. The molecule has 2 aliphatic rings. The Labute approximate surface area is 190 Å². The average molecular weight is 524 g/mol. The van der Waals surface area contributed by atoms with Crippen molar-refractivity contribution < 1.29 is 18.3 Å². The van der Waals surface area contributed by atoms with Gasteiger partial charge in [0.1, 0.15) is 23.1 Å². The van der Waals surface area contributed by atoms with Crippen LogP contribution in [-0.2, 0) is 4.74 Å². The van der Waals surface area contributed by atoms with E-state index >= 15 is 0 Å². The van der Waals surface area contributed by atoms with Crippen molar-refractivity contribution in [2.45, 2.75) is 51.0 Å². The van der Waals surface area contributed by atoms with Crippen LogP contribution >= 0.6 is 39.1 Å². The number of piperazine rings is 1. The van der Waals surface area contributed by atoms with Crippen molar-refractivity contribution in [1.29, 1.82) is 0 Å². The number of nitrogens with zero attached hydrogens (tertiary/aromatic N) is 4. The lowest BCUT2D eigenvalue weighted by Gasteiger charge is -2.41. The zero-order chi connectivity index (χ0) is 22.0. The maximum Gasteiger partial charge on any atom is 0.411 e. The summed E-state index contributed by atoms with van der Waals surface area (Å²) in [7, 11) is 0. The van der Waals surface area contributed by atoms with Crippen LogP contribution < -0.4 is 4.90 Å². The first kappa shape index (κ1) is 21.8. The maximum absolute atomic E-state index is 14.8. The van der Waals surface area contributed by atoms with Gasteiger partial charge in [-0.15, -0.1) is 0 Å². The number of ether oxygens (including phenoxy) is 1. The third-order valence-corrected chi connectivity index (χ3v) is 6.66. The third-order valence-electron chi connectivity index (χ3n) is 5.19. The Morgan fingerprint density at radius 1 is 1.30 bits per heavy atom. The van der Waals surface area contributed by atoms with E-state index in [-0.39, 0.29) is 33.3 Å². The summed E-state index contributed by atoms with van der Waals surface area (Å²) in [5, 5.41) is 0.390. The van der Waals surface area contributed by atoms with Crippen molar-refractivity contribution in [3.8, 4) is 0 Å². The molecule has 3 heterocycles. The Kier molecular flexibility index (Phi) is 5.51. The van der Waals surface area contributed by atoms with Gasteiger partial charge in [0.25, 0.3) is 0 Å². The predicted octanol–water partition coefficient (Wildman–Crippen LogP) is 5.37. The standard InChI is InChI=1S/C19H19BrCl2F2N4O2/c1-19(2,3)30-18(29)28-8-4-11(23)12(28)7-27(6-8)16-9-5-10(21)13(20)14(24)15(9)25-17(22)26-16/h5,8,11-12H,4,6-7H2,1-3H3. The van der Waals surface area contributed by atoms with Crippen molar-refractivity contribution in [3.63, 3.8) is 0 Å². The molecular weight excluding hydrogens is 505 g/mol. The number of amides is 1. The number of carbonyl (C=O) groups excluding carboxylic acids is 1. The molecule has 30 heavy (non-hydrogen) atoms. The van der Waals surface area contributed by atoms with E-state index in [4.69, 9.17) is 27.9 Å². The number of fused-ring (bicyclic) bond motifs is 3. The van der Waals surface area contributed by atoms with Crippen LogP contribution in [0.4, 0.5) is 19.4 Å². The van der Waals surface area contributed by atoms with E-state index in [2.05, 4.69) is 25.9 Å². The lowest BCUT2D eigenvalue weighted by Crippen LogP contribution is -2.58. The van der Waals surface area contributed by atoms with Crippen molar-refractivity contribution in [3.05, 3.63) is 26.7 Å². The molecule has 0 saturated carbocycles. The fourth-order valence-corrected chi connectivity index (χ4v) is 4.70. The summed E-state index contributed by atoms with van der Waals surface area (Å²) in [5.74, 6) is -0.298. The van der Waals surface area contributed by atoms with Crippen LogP contribution in [0.15, 0.2) is 10.5 Å². The third kappa shape index (κ3) is 3.80. The summed E-state index contributed by atoms with van der Waals surface area (Å²) in [6.07, 6.45) is -1.55. The zero-order valence-corrected chi connectivity index (χ0v) is 19.5. The summed E-state index contributed by atoms with van der Waals surface area (Å²) in [6, 6.07) is 0.427. The number of hydrogen-bond donors (Lipinski definition) is 0. The molecule has 0 aliphatic carbocycles. The summed E-state index contributed by atoms with van der Waals surface area (Å²) in [4.78, 5) is 24.2. The molecule has 2 aromatic rings. The van der Waals surface area contributed by atoms with Crippen molar-refractivity contribution in [1.82, 2.24) is 14.9 Å². The summed E-state index contributed by atoms with van der Waals surface area (Å²) >= 11 is 15.3. The van der Waals surface area contributed by atoms with Crippen molar-refractivity contribution in [2.24, 2.45) is 0 Å². The normalized spacial score (nSPS) is 23.9. The van der Waals surface area contributed by atoms with Gasteiger partial charge in [0.05, 0.1) is 21.6 Å². The van der Waals surface area contributed by atoms with Crippen LogP contribution in [0.3, 0.4) is 0 Å². The van der Waals surface area contributed by atoms with Gasteiger partial charge in [0, 0.05) is 24.9 Å². The Balaban J connectivity index is 1.71. The second-order valence-corrected chi connectivity index (χ2v) is 10.0. The van der Waals surface area contributed by atoms with E-state index < -0.39 is 35.8 Å². The molecule has 2 bridgehead atoms. The molecule has 0 radical (unpaired) electrons. The molecule has 2 saturated heterocycles. The van der Waals surface area contributed by atoms with Crippen LogP contribution in [0, 0.1) is 5.82 Å². The van der Waals surface area contributed by atoms with E-state index in [1.165, 1.54) is 4.90 Å². The molecule has 11 heteroatoms. The number of rotatable bonds is 1. The lowest BCUT2D eigenvalue weighted by molar-refractivity contribution is 0.00954. The first-order valence-electron chi connectivity index (χ1n) is 9.37. The van der Waals surface area contributed by atoms with E-state index in [1.807, 2.05) is 0 Å². The molecule has 0 N–H and O–H groups in total. The fourth-order valence-electron chi connectivity index (χ4n) is 4.04. The summed E-state index contributed by atoms with van der Waals surface area (Å²) in [6.45, 7) is 5.76. The first-order valence-corrected chi connectivity index (χ1v) is 10.9. The van der Waals surface area contributed by atoms with Gasteiger partial charge in [-0.2, -0.15) is 4.98 Å². The predicted molar refractivity (Wildman–Crippen MR) is 115 cm³/mol. The van der Waals surface area contributed by atoms with Gasteiger partial charge in [-0.3, -0.25) is 4.90 Å². The molecule has 162 valence electrons. The van der Waals surface area contributed by atoms with Crippen LogP contribution in [0.5, 0.6) is 0 Å². The number of carbonyl (C=O) groups is 1. The molecule has 6 nitrogen and oxygen atoms in total. The van der Waals surface area contributed by atoms with Crippen LogP contribution in [0.25, 0.3) is 10.9 Å². The first-order chi connectivity index (χ1) is 14.0. The highest BCUT2D eigenvalue weighted by Gasteiger charge is 2.50. The SMILES string of the molecule is CC(C)(C)OC(=O)N1C2CC(F)C1CN(c1nc(Cl)nc3c(F)c(Br)c(Cl)cc13)C2. The Morgan fingerprint density at radius 2 is 2.00 bits per heavy atom. The number of alkyl halides is 1. The molecule has 4 rings (SSSR count). The quantitative estimate of drug-likeness (QED) is 0.371. The molecule has 1 amide bonds. The maximum atomic E-state index is 14.8. The Bertz CT molecular complexity index is 1040. The number of aromatic nitrogens is 2. The summed E-state index contributed by atoms with van der Waals surface area (Å²) < 4.78 is 35.0.